The van der Waals surface area contributed by atoms with E-state index in [1.165, 1.54) is 150 Å². The van der Waals surface area contributed by atoms with Crippen molar-refractivity contribution in [1.82, 2.24) is 0 Å². The molecule has 6 unspecified atom stereocenters. The van der Waals surface area contributed by atoms with Gasteiger partial charge in [0.2, 0.25) is 11.6 Å². The number of aliphatic imine (C=N–C) groups is 1. The van der Waals surface area contributed by atoms with Crippen molar-refractivity contribution in [3.8, 4) is 22.3 Å². The Bertz CT molecular complexity index is 3330. The second-order valence-corrected chi connectivity index (χ2v) is 26.4. The van der Waals surface area contributed by atoms with Crippen molar-refractivity contribution < 1.29 is 14.7 Å². The molecule has 5 aliphatic carbocycles. The molecule has 13 rings (SSSR count). The molecule has 0 bridgehead atoms. The maximum absolute atomic E-state index is 15.0. The number of hydrogen-bond donors (Lipinski definition) is 4. The van der Waals surface area contributed by atoms with Gasteiger partial charge in [0.05, 0.1) is 22.5 Å². The number of aliphatic hydroxyl groups is 1. The summed E-state index contributed by atoms with van der Waals surface area (Å²) in [6.07, 6.45) is 24.1. The van der Waals surface area contributed by atoms with Crippen molar-refractivity contribution in [2.75, 3.05) is 16.0 Å². The number of ketones is 2. The number of fused-ring (bicyclic) bond motifs is 12. The minimum absolute atomic E-state index is 0.105. The fourth-order valence-corrected chi connectivity index (χ4v) is 17.0. The van der Waals surface area contributed by atoms with Crippen molar-refractivity contribution in [1.29, 1.82) is 0 Å². The smallest absolute Gasteiger partial charge is 0.237 e. The Hall–Kier alpha value is -5.69. The predicted molar refractivity (Wildman–Crippen MR) is 313 cm³/mol. The number of aryl methyl sites for hydroxylation is 4. The summed E-state index contributed by atoms with van der Waals surface area (Å²) in [4.78, 5) is 35.5. The summed E-state index contributed by atoms with van der Waals surface area (Å²) in [7, 11) is 0. The largest absolute Gasteiger partial charge is 0.506 e. The first-order valence-corrected chi connectivity index (χ1v) is 30.0. The maximum Gasteiger partial charge on any atom is 0.237 e. The molecule has 3 fully saturated rings. The van der Waals surface area contributed by atoms with E-state index >= 15 is 0 Å². The highest BCUT2D eigenvalue weighted by atomic mass is 16.3. The van der Waals surface area contributed by atoms with Crippen LogP contribution in [0.1, 0.15) is 213 Å². The second-order valence-electron chi connectivity index (χ2n) is 26.4. The minimum atomic E-state index is -0.586. The van der Waals surface area contributed by atoms with Crippen LogP contribution in [-0.4, -0.2) is 34.5 Å². The average molecular weight is 1020 g/mol. The van der Waals surface area contributed by atoms with Crippen LogP contribution in [0, 0.1) is 27.7 Å². The molecule has 4 aliphatic heterocycles. The number of aliphatic hydroxyl groups excluding tert-OH is 1. The number of carbonyl (C=O) groups excluding carboxylic acids is 2. The zero-order valence-electron chi connectivity index (χ0n) is 47.0. The summed E-state index contributed by atoms with van der Waals surface area (Å²) in [6.45, 7) is 18.6. The van der Waals surface area contributed by atoms with Gasteiger partial charge in [-0.25, -0.2) is 0 Å². The zero-order valence-corrected chi connectivity index (χ0v) is 47.0. The molecular weight excluding hydrogens is 933 g/mol. The Morgan fingerprint density at radius 1 is 0.474 bits per heavy atom. The van der Waals surface area contributed by atoms with Crippen LogP contribution in [0.2, 0.25) is 0 Å². The van der Waals surface area contributed by atoms with Crippen LogP contribution >= 0.6 is 0 Å². The van der Waals surface area contributed by atoms with Gasteiger partial charge in [0.15, 0.2) is 0 Å². The lowest BCUT2D eigenvalue weighted by Crippen LogP contribution is -2.37. The van der Waals surface area contributed by atoms with E-state index in [1.807, 2.05) is 0 Å². The Labute approximate surface area is 453 Å². The van der Waals surface area contributed by atoms with Crippen LogP contribution in [0.5, 0.6) is 0 Å². The molecule has 7 heteroatoms. The van der Waals surface area contributed by atoms with E-state index in [0.717, 1.165) is 90.9 Å². The highest BCUT2D eigenvalue weighted by Crippen LogP contribution is 2.57. The lowest BCUT2D eigenvalue weighted by atomic mass is 9.69. The average Bonchev–Trinajstić information content (AvgIpc) is 4.09. The molecule has 0 amide bonds. The molecule has 0 spiro atoms. The van der Waals surface area contributed by atoms with E-state index in [1.54, 1.807) is 0 Å². The predicted octanol–water partition coefficient (Wildman–Crippen LogP) is 17.2. The van der Waals surface area contributed by atoms with Gasteiger partial charge >= 0.3 is 0 Å². The highest BCUT2D eigenvalue weighted by molar-refractivity contribution is 6.55. The molecule has 0 radical (unpaired) electrons. The SMILES string of the molecule is Cc1cc(-c2cc(C)c3c(c2)C2(C)CCCCCCC2N3)cc2c1N=C1C(=C3C(=O)C(=O)C(/C4=C5\Nc6c(C)cc(-c7cc(C)c8c(c7)C7(C)CCCCCCC7N8)cc6C5(C)CCCCC4)=C3O)CCCCCC12C. The number of anilines is 3. The third-order valence-corrected chi connectivity index (χ3v) is 21.5. The van der Waals surface area contributed by atoms with E-state index in [0.29, 0.717) is 24.9 Å². The summed E-state index contributed by atoms with van der Waals surface area (Å²) < 4.78 is 0. The monoisotopic (exact) mass is 1010 g/mol. The van der Waals surface area contributed by atoms with E-state index in [2.05, 4.69) is 120 Å². The van der Waals surface area contributed by atoms with Crippen molar-refractivity contribution >= 4 is 40.0 Å². The number of hydrogen-bond acceptors (Lipinski definition) is 7. The van der Waals surface area contributed by atoms with E-state index < -0.39 is 22.4 Å². The Morgan fingerprint density at radius 2 is 0.921 bits per heavy atom. The number of nitrogens with zero attached hydrogens (tertiary/aromatic N) is 1. The van der Waals surface area contributed by atoms with Gasteiger partial charge in [0.25, 0.3) is 0 Å². The van der Waals surface area contributed by atoms with Gasteiger partial charge in [-0.3, -0.25) is 14.6 Å². The fourth-order valence-electron chi connectivity index (χ4n) is 17.0. The van der Waals surface area contributed by atoms with Gasteiger partial charge in [-0.1, -0.05) is 90.9 Å². The number of allylic oxidation sites excluding steroid dienone is 5. The van der Waals surface area contributed by atoms with Crippen LogP contribution in [0.3, 0.4) is 0 Å². The Kier molecular flexibility index (Phi) is 11.9. The summed E-state index contributed by atoms with van der Waals surface area (Å²) in [5.74, 6) is -1.31. The van der Waals surface area contributed by atoms with Crippen molar-refractivity contribution in [3.63, 3.8) is 0 Å². The van der Waals surface area contributed by atoms with Crippen LogP contribution in [-0.2, 0) is 31.2 Å². The molecule has 4 heterocycles. The highest BCUT2D eigenvalue weighted by Gasteiger charge is 2.51. The first kappa shape index (κ1) is 49.9. The molecule has 7 nitrogen and oxygen atoms in total. The fraction of sp³-hybridized carbons (Fsp3) is 0.522. The topological polar surface area (TPSA) is 103 Å². The second kappa shape index (κ2) is 18.2. The molecule has 0 aromatic heterocycles. The summed E-state index contributed by atoms with van der Waals surface area (Å²) in [6, 6.07) is 20.1. The third kappa shape index (κ3) is 7.41. The first-order chi connectivity index (χ1) is 36.5. The van der Waals surface area contributed by atoms with Crippen LogP contribution in [0.15, 0.2) is 87.3 Å². The van der Waals surface area contributed by atoms with E-state index in [-0.39, 0.29) is 27.7 Å². The molecule has 4 aromatic carbocycles. The molecule has 3 saturated carbocycles. The van der Waals surface area contributed by atoms with Gasteiger partial charge in [-0.15, -0.1) is 0 Å². The van der Waals surface area contributed by atoms with Gasteiger partial charge in [0, 0.05) is 56.5 Å². The van der Waals surface area contributed by atoms with Crippen LogP contribution in [0.25, 0.3) is 22.3 Å². The third-order valence-electron chi connectivity index (χ3n) is 21.5. The molecule has 4 N–H and O–H groups in total. The number of carbonyl (C=O) groups is 2. The van der Waals surface area contributed by atoms with Crippen molar-refractivity contribution in [2.24, 2.45) is 4.99 Å². The molecule has 396 valence electrons. The lowest BCUT2D eigenvalue weighted by molar-refractivity contribution is -0.131. The number of rotatable bonds is 3. The zero-order chi connectivity index (χ0) is 52.6. The van der Waals surface area contributed by atoms with Crippen molar-refractivity contribution in [2.45, 2.75) is 230 Å². The lowest BCUT2D eigenvalue weighted by Gasteiger charge is -2.34. The van der Waals surface area contributed by atoms with E-state index in [4.69, 9.17) is 4.99 Å². The molecule has 6 atom stereocenters. The summed E-state index contributed by atoms with van der Waals surface area (Å²) in [5.41, 5.74) is 23.0. The number of Topliss-reactive ketones (excluding diaryl/α,β-unsaturated/α-hetero) is 2. The van der Waals surface area contributed by atoms with Gasteiger partial charge in [-0.05, 0) is 232 Å². The molecule has 9 aliphatic rings. The minimum Gasteiger partial charge on any atom is -0.506 e. The number of nitrogens with one attached hydrogen (secondary N) is 3. The molecule has 0 saturated heterocycles. The van der Waals surface area contributed by atoms with Crippen molar-refractivity contribution in [3.05, 3.63) is 127 Å². The standard InChI is InChI=1S/C69H82N4O3/c1-39-31-43(35-49-57(39)70-53-25-17-9-11-19-27-66(49,53)5)45-33-41(3)59-51(37-45)68(7)29-21-13-15-23-47(64(68)72-59)55-61(74)56(63(76)62(55)75)48-24-16-14-22-30-69(8)52-38-46(34-42(4)60(52)73-65(48)69)44-32-40(2)58-50(36-44)67(6)28-20-12-10-18-26-54(67)71-58/h31-38,53-54,70-72,74H,9-30H2,1-8H3/b56-48?,64-47-. The summed E-state index contributed by atoms with van der Waals surface area (Å²) in [5, 5.41) is 24.8. The van der Waals surface area contributed by atoms with Crippen LogP contribution in [0.4, 0.5) is 22.7 Å². The first-order valence-electron chi connectivity index (χ1n) is 30.0. The quantitative estimate of drug-likeness (QED) is 0.120. The molecule has 4 aromatic rings. The normalized spacial score (nSPS) is 31.9. The number of benzene rings is 4. The molecule has 76 heavy (non-hydrogen) atoms. The van der Waals surface area contributed by atoms with Gasteiger partial charge < -0.3 is 21.1 Å². The van der Waals surface area contributed by atoms with E-state index in [9.17, 15) is 14.7 Å². The van der Waals surface area contributed by atoms with Crippen LogP contribution < -0.4 is 16.0 Å². The Balaban J connectivity index is 0.888. The maximum atomic E-state index is 15.0. The Morgan fingerprint density at radius 3 is 1.50 bits per heavy atom. The summed E-state index contributed by atoms with van der Waals surface area (Å²) >= 11 is 0. The van der Waals surface area contributed by atoms with Gasteiger partial charge in [-0.2, -0.15) is 0 Å². The van der Waals surface area contributed by atoms with Gasteiger partial charge in [0.1, 0.15) is 5.76 Å². The molecular formula is C69H82N4O3.